The fourth-order valence-electron chi connectivity index (χ4n) is 0.349. The van der Waals surface area contributed by atoms with Crippen LogP contribution in [0.15, 0.2) is 0 Å². The maximum absolute atomic E-state index is 10.4. The molecule has 0 aromatic heterocycles. The normalized spacial score (nSPS) is 9.22. The number of nitrogens with zero attached hydrogens (tertiary/aromatic N) is 1. The molecule has 0 saturated heterocycles. The number of rotatable bonds is 3. The highest BCUT2D eigenvalue weighted by atomic mass is 16.6. The van der Waals surface area contributed by atoms with E-state index in [1.165, 1.54) is 0 Å². The van der Waals surface area contributed by atoms with Gasteiger partial charge in [-0.1, -0.05) is 0 Å². The lowest BCUT2D eigenvalue weighted by atomic mass is 10.6. The Kier molecular flexibility index (Phi) is 3.62. The second-order valence-corrected chi connectivity index (χ2v) is 1.82. The minimum absolute atomic E-state index is 0.131. The van der Waals surface area contributed by atoms with E-state index in [1.54, 1.807) is 19.0 Å². The van der Waals surface area contributed by atoms with Gasteiger partial charge in [-0.2, -0.15) is 0 Å². The minimum Gasteiger partial charge on any atom is -0.395 e. The first-order valence-electron chi connectivity index (χ1n) is 2.44. The fraction of sp³-hybridized carbons (Fsp3) is 0.600. The minimum atomic E-state index is -0.532. The average molecular weight is 131 g/mol. The van der Waals surface area contributed by atoms with Crippen LogP contribution in [-0.4, -0.2) is 38.0 Å². The molecule has 4 nitrogen and oxygen atoms in total. The zero-order chi connectivity index (χ0) is 7.28. The van der Waals surface area contributed by atoms with Crippen molar-refractivity contribution in [2.45, 2.75) is 0 Å². The van der Waals surface area contributed by atoms with Gasteiger partial charge in [-0.25, -0.2) is 0 Å². The molecule has 0 aromatic carbocycles. The van der Waals surface area contributed by atoms with Crippen LogP contribution >= 0.6 is 0 Å². The third kappa shape index (κ3) is 4.96. The topological polar surface area (TPSA) is 46.6 Å². The van der Waals surface area contributed by atoms with Crippen molar-refractivity contribution in [2.24, 2.45) is 0 Å². The first-order valence-corrected chi connectivity index (χ1v) is 2.44. The summed E-state index contributed by atoms with van der Waals surface area (Å²) in [5.41, 5.74) is 0. The molecule has 0 aliphatic carbocycles. The fourth-order valence-corrected chi connectivity index (χ4v) is 0.349. The van der Waals surface area contributed by atoms with Gasteiger partial charge in [0, 0.05) is 0 Å². The van der Waals surface area contributed by atoms with E-state index in [1.807, 2.05) is 0 Å². The van der Waals surface area contributed by atoms with Crippen molar-refractivity contribution in [1.82, 2.24) is 4.90 Å². The first kappa shape index (κ1) is 8.10. The van der Waals surface area contributed by atoms with Crippen LogP contribution in [0.1, 0.15) is 0 Å². The van der Waals surface area contributed by atoms with Crippen LogP contribution in [0.2, 0.25) is 0 Å². The van der Waals surface area contributed by atoms with Crippen molar-refractivity contribution in [3.05, 3.63) is 0 Å². The number of hydrogen-bond donors (Lipinski definition) is 0. The van der Waals surface area contributed by atoms with Gasteiger partial charge in [0.2, 0.25) is 0 Å². The molecule has 0 heterocycles. The molecule has 0 unspecified atom stereocenters. The van der Waals surface area contributed by atoms with Gasteiger partial charge in [0.25, 0.3) is 0 Å². The Bertz CT molecular complexity index is 111. The zero-order valence-corrected chi connectivity index (χ0v) is 5.46. The molecule has 0 amide bonds. The lowest BCUT2D eigenvalue weighted by Crippen LogP contribution is -2.22. The molecule has 0 fully saturated rings. The molecule has 9 heavy (non-hydrogen) atoms. The second-order valence-electron chi connectivity index (χ2n) is 1.82. The Morgan fingerprint density at radius 1 is 1.67 bits per heavy atom. The van der Waals surface area contributed by atoms with Crippen LogP contribution in [0.25, 0.3) is 0 Å². The number of likely N-dealkylation sites (N-methyl/N-ethyl adjacent to an activating group) is 1. The summed E-state index contributed by atoms with van der Waals surface area (Å²) in [5, 5.41) is 0. The Labute approximate surface area is 53.4 Å². The van der Waals surface area contributed by atoms with Gasteiger partial charge < -0.3 is 4.74 Å². The number of carbonyl (C=O) groups excluding carboxylic acids is 2. The summed E-state index contributed by atoms with van der Waals surface area (Å²) in [4.78, 5) is 21.5. The van der Waals surface area contributed by atoms with Crippen LogP contribution in [-0.2, 0) is 14.3 Å². The highest BCUT2D eigenvalue weighted by Crippen LogP contribution is 1.76. The van der Waals surface area contributed by atoms with Gasteiger partial charge in [0.15, 0.2) is 0 Å². The van der Waals surface area contributed by atoms with E-state index in [9.17, 15) is 9.59 Å². The van der Waals surface area contributed by atoms with Crippen molar-refractivity contribution in [3.8, 4) is 0 Å². The second kappa shape index (κ2) is 4.03. The number of carbonyl (C=O) groups is 2. The van der Waals surface area contributed by atoms with Crippen molar-refractivity contribution in [1.29, 1.82) is 0 Å². The molecule has 0 N–H and O–H groups in total. The van der Waals surface area contributed by atoms with Crippen molar-refractivity contribution < 1.29 is 14.3 Å². The van der Waals surface area contributed by atoms with Crippen molar-refractivity contribution in [2.75, 3.05) is 20.6 Å². The van der Waals surface area contributed by atoms with Gasteiger partial charge >= 0.3 is 12.4 Å². The SMILES string of the molecule is CN(C)CC(=O)OC=O. The lowest BCUT2D eigenvalue weighted by Gasteiger charge is -2.04. The summed E-state index contributed by atoms with van der Waals surface area (Å²) >= 11 is 0. The van der Waals surface area contributed by atoms with E-state index in [0.717, 1.165) is 0 Å². The third-order valence-electron chi connectivity index (χ3n) is 0.625. The number of ether oxygens (including phenoxy) is 1. The lowest BCUT2D eigenvalue weighted by molar-refractivity contribution is -0.151. The average Bonchev–Trinajstić information content (AvgIpc) is 1.63. The molecule has 0 aromatic rings. The molecule has 0 rings (SSSR count). The van der Waals surface area contributed by atoms with Crippen LogP contribution in [0.3, 0.4) is 0 Å². The highest BCUT2D eigenvalue weighted by Gasteiger charge is 2.01. The monoisotopic (exact) mass is 131 g/mol. The molecule has 0 aliphatic heterocycles. The van der Waals surface area contributed by atoms with Crippen LogP contribution in [0.4, 0.5) is 0 Å². The largest absolute Gasteiger partial charge is 0.395 e. The number of esters is 1. The Hall–Kier alpha value is -0.900. The van der Waals surface area contributed by atoms with Crippen LogP contribution < -0.4 is 0 Å². The molecule has 52 valence electrons. The van der Waals surface area contributed by atoms with Gasteiger partial charge in [-0.15, -0.1) is 0 Å². The maximum Gasteiger partial charge on any atom is 0.327 e. The Morgan fingerprint density at radius 2 is 2.22 bits per heavy atom. The third-order valence-corrected chi connectivity index (χ3v) is 0.625. The predicted molar refractivity (Wildman–Crippen MR) is 30.7 cm³/mol. The molecule has 0 spiro atoms. The standard InChI is InChI=1S/C5H9NO3/c1-6(2)3-5(8)9-4-7/h4H,3H2,1-2H3. The van der Waals surface area contributed by atoms with Crippen molar-refractivity contribution >= 4 is 12.4 Å². The summed E-state index contributed by atoms with van der Waals surface area (Å²) < 4.78 is 3.99. The van der Waals surface area contributed by atoms with E-state index in [2.05, 4.69) is 4.74 Å². The Balaban J connectivity index is 3.38. The van der Waals surface area contributed by atoms with Gasteiger partial charge in [-0.05, 0) is 14.1 Å². The van der Waals surface area contributed by atoms with E-state index in [0.29, 0.717) is 0 Å². The predicted octanol–water partition coefficient (Wildman–Crippen LogP) is -0.752. The van der Waals surface area contributed by atoms with E-state index in [4.69, 9.17) is 0 Å². The maximum atomic E-state index is 10.4. The summed E-state index contributed by atoms with van der Waals surface area (Å²) in [5.74, 6) is -0.532. The molecule has 0 aliphatic rings. The van der Waals surface area contributed by atoms with Crippen molar-refractivity contribution in [3.63, 3.8) is 0 Å². The summed E-state index contributed by atoms with van der Waals surface area (Å²) in [6, 6.07) is 0. The van der Waals surface area contributed by atoms with E-state index < -0.39 is 5.97 Å². The van der Waals surface area contributed by atoms with Gasteiger partial charge in [0.05, 0.1) is 6.54 Å². The molecule has 0 atom stereocenters. The van der Waals surface area contributed by atoms with Crippen LogP contribution in [0.5, 0.6) is 0 Å². The number of hydrogen-bond acceptors (Lipinski definition) is 4. The van der Waals surface area contributed by atoms with E-state index >= 15 is 0 Å². The quantitative estimate of drug-likeness (QED) is 0.287. The molecular formula is C5H9NO3. The zero-order valence-electron chi connectivity index (χ0n) is 5.46. The van der Waals surface area contributed by atoms with Gasteiger partial charge in [-0.3, -0.25) is 14.5 Å². The summed E-state index contributed by atoms with van der Waals surface area (Å²) in [6.45, 7) is 0.268. The first-order chi connectivity index (χ1) is 4.16. The molecule has 0 bridgehead atoms. The summed E-state index contributed by atoms with van der Waals surface area (Å²) in [7, 11) is 3.43. The van der Waals surface area contributed by atoms with Gasteiger partial charge in [0.1, 0.15) is 0 Å². The Morgan fingerprint density at radius 3 is 2.56 bits per heavy atom. The highest BCUT2D eigenvalue weighted by molar-refractivity contribution is 5.77. The summed E-state index contributed by atoms with van der Waals surface area (Å²) in [6.07, 6.45) is 0. The smallest absolute Gasteiger partial charge is 0.327 e. The molecule has 0 saturated carbocycles. The van der Waals surface area contributed by atoms with Crippen LogP contribution in [0, 0.1) is 0 Å². The van der Waals surface area contributed by atoms with E-state index in [-0.39, 0.29) is 13.0 Å². The molecule has 0 radical (unpaired) electrons. The molecule has 4 heteroatoms. The molecular weight excluding hydrogens is 122 g/mol.